The van der Waals surface area contributed by atoms with Crippen molar-refractivity contribution in [1.29, 1.82) is 0 Å². The molecule has 2 aromatic rings. The second-order valence-electron chi connectivity index (χ2n) is 8.11. The molecule has 1 N–H and O–H groups in total. The number of benzene rings is 2. The monoisotopic (exact) mass is 511 g/mol. The highest BCUT2D eigenvalue weighted by molar-refractivity contribution is 6.32. The van der Waals surface area contributed by atoms with Crippen LogP contribution in [0.2, 0.25) is 5.02 Å². The van der Waals surface area contributed by atoms with Crippen molar-refractivity contribution in [3.63, 3.8) is 0 Å². The van der Waals surface area contributed by atoms with Crippen LogP contribution in [0.15, 0.2) is 53.2 Å². The quantitative estimate of drug-likeness (QED) is 0.520. The predicted molar refractivity (Wildman–Crippen MR) is 133 cm³/mol. The molecule has 8 nitrogen and oxygen atoms in total. The van der Waals surface area contributed by atoms with Gasteiger partial charge in [0.2, 0.25) is 0 Å². The van der Waals surface area contributed by atoms with Crippen molar-refractivity contribution in [3.8, 4) is 11.5 Å². The topological polar surface area (TPSA) is 100 Å². The van der Waals surface area contributed by atoms with Crippen molar-refractivity contribution in [3.05, 3.63) is 75.0 Å². The first kappa shape index (κ1) is 25.3. The van der Waals surface area contributed by atoms with Gasteiger partial charge in [-0.25, -0.2) is 9.59 Å². The van der Waals surface area contributed by atoms with Crippen molar-refractivity contribution in [2.24, 2.45) is 0 Å². The van der Waals surface area contributed by atoms with Gasteiger partial charge in [0.1, 0.15) is 0 Å². The summed E-state index contributed by atoms with van der Waals surface area (Å²) >= 11 is 6.61. The number of esters is 2. The molecule has 1 aliphatic carbocycles. The van der Waals surface area contributed by atoms with E-state index >= 15 is 0 Å². The van der Waals surface area contributed by atoms with Crippen LogP contribution in [0.25, 0.3) is 5.70 Å². The fourth-order valence-corrected chi connectivity index (χ4v) is 4.81. The molecule has 0 fully saturated rings. The normalized spacial score (nSPS) is 16.2. The van der Waals surface area contributed by atoms with Gasteiger partial charge in [-0.2, -0.15) is 0 Å². The molecule has 2 aliphatic rings. The van der Waals surface area contributed by atoms with E-state index < -0.39 is 17.9 Å². The van der Waals surface area contributed by atoms with E-state index in [1.54, 1.807) is 45.0 Å². The van der Waals surface area contributed by atoms with Crippen LogP contribution in [0.5, 0.6) is 11.5 Å². The number of fused-ring (bicyclic) bond motifs is 2. The highest BCUT2D eigenvalue weighted by Crippen LogP contribution is 2.49. The van der Waals surface area contributed by atoms with Crippen LogP contribution in [0.3, 0.4) is 0 Å². The number of halogens is 1. The maximum atomic E-state index is 13.6. The van der Waals surface area contributed by atoms with Crippen LogP contribution in [0, 0.1) is 0 Å². The largest absolute Gasteiger partial charge is 0.490 e. The first-order valence-corrected chi connectivity index (χ1v) is 11.9. The number of hydrogen-bond acceptors (Lipinski definition) is 8. The summed E-state index contributed by atoms with van der Waals surface area (Å²) in [6.45, 7) is 5.41. The molecule has 1 aliphatic heterocycles. The number of allylic oxidation sites excluding steroid dienone is 2. The van der Waals surface area contributed by atoms with E-state index in [0.29, 0.717) is 34.7 Å². The number of ketones is 1. The van der Waals surface area contributed by atoms with E-state index in [2.05, 4.69) is 5.32 Å². The summed E-state index contributed by atoms with van der Waals surface area (Å²) in [7, 11) is 1.29. The van der Waals surface area contributed by atoms with Crippen LogP contribution in [-0.4, -0.2) is 44.7 Å². The zero-order valence-electron chi connectivity index (χ0n) is 20.4. The van der Waals surface area contributed by atoms with Crippen molar-refractivity contribution in [2.75, 3.05) is 26.9 Å². The summed E-state index contributed by atoms with van der Waals surface area (Å²) in [4.78, 5) is 38.3. The van der Waals surface area contributed by atoms with Gasteiger partial charge in [-0.05, 0) is 38.5 Å². The van der Waals surface area contributed by atoms with E-state index in [-0.39, 0.29) is 41.1 Å². The molecule has 4 rings (SSSR count). The van der Waals surface area contributed by atoms with Crippen molar-refractivity contribution in [1.82, 2.24) is 5.32 Å². The van der Waals surface area contributed by atoms with Gasteiger partial charge >= 0.3 is 11.9 Å². The van der Waals surface area contributed by atoms with Gasteiger partial charge < -0.3 is 24.3 Å². The van der Waals surface area contributed by atoms with Crippen molar-refractivity contribution < 1.29 is 33.3 Å². The highest BCUT2D eigenvalue weighted by Gasteiger charge is 2.43. The molecular formula is C27H26ClNO7. The Balaban J connectivity index is 1.86. The smallest absolute Gasteiger partial charge is 0.344 e. The zero-order chi connectivity index (χ0) is 26.0. The lowest BCUT2D eigenvalue weighted by Gasteiger charge is -2.29. The van der Waals surface area contributed by atoms with Crippen LogP contribution in [0.1, 0.15) is 48.2 Å². The Bertz CT molecular complexity index is 1310. The minimum Gasteiger partial charge on any atom is -0.490 e. The second-order valence-corrected chi connectivity index (χ2v) is 8.52. The third-order valence-electron chi connectivity index (χ3n) is 5.96. The maximum absolute atomic E-state index is 13.6. The third-order valence-corrected chi connectivity index (χ3v) is 6.24. The molecule has 0 saturated heterocycles. The zero-order valence-corrected chi connectivity index (χ0v) is 21.2. The molecule has 0 unspecified atom stereocenters. The van der Waals surface area contributed by atoms with Gasteiger partial charge in [0.25, 0.3) is 0 Å². The van der Waals surface area contributed by atoms with Crippen LogP contribution in [0.4, 0.5) is 0 Å². The minimum absolute atomic E-state index is 0.158. The van der Waals surface area contributed by atoms with Gasteiger partial charge in [0.05, 0.1) is 36.6 Å². The Labute approximate surface area is 213 Å². The Morgan fingerprint density at radius 2 is 1.78 bits per heavy atom. The highest BCUT2D eigenvalue weighted by atomic mass is 35.5. The van der Waals surface area contributed by atoms with Gasteiger partial charge in [0, 0.05) is 28.3 Å². The Morgan fingerprint density at radius 1 is 1.06 bits per heavy atom. The van der Waals surface area contributed by atoms with Crippen molar-refractivity contribution in [2.45, 2.75) is 26.7 Å². The van der Waals surface area contributed by atoms with E-state index in [1.165, 1.54) is 7.11 Å². The summed E-state index contributed by atoms with van der Waals surface area (Å²) in [5.74, 6) is -1.64. The number of carbonyl (C=O) groups excluding carboxylic acids is 3. The third kappa shape index (κ3) is 4.44. The molecule has 0 radical (unpaired) electrons. The van der Waals surface area contributed by atoms with E-state index in [0.717, 1.165) is 5.56 Å². The Hall–Kier alpha value is -3.78. The first-order valence-electron chi connectivity index (χ1n) is 11.5. The standard InChI is InChI=1S/C27H26ClNO7/c1-5-34-19-12-15(11-18(28)26(19)36-13-20(30)35-6-2)22-21(27(32)33-4)14(3)29-24-16-9-7-8-10-17(16)25(31)23(22)24/h7-12,22,29H,5-6,13H2,1-4H3/t22-/m1/s1. The van der Waals surface area contributed by atoms with Crippen LogP contribution in [-0.2, 0) is 19.1 Å². The molecule has 0 spiro atoms. The molecule has 9 heteroatoms. The molecular weight excluding hydrogens is 486 g/mol. The number of methoxy groups -OCH3 is 1. The van der Waals surface area contributed by atoms with Crippen LogP contribution >= 0.6 is 11.6 Å². The van der Waals surface area contributed by atoms with Crippen LogP contribution < -0.4 is 14.8 Å². The van der Waals surface area contributed by atoms with Gasteiger partial charge in [-0.3, -0.25) is 4.79 Å². The van der Waals surface area contributed by atoms with Gasteiger partial charge in [0.15, 0.2) is 23.9 Å². The number of nitrogens with one attached hydrogen (secondary N) is 1. The van der Waals surface area contributed by atoms with Gasteiger partial charge in [-0.1, -0.05) is 35.9 Å². The SMILES string of the molecule is CCOC(=O)COc1c(Cl)cc([C@@H]2C(C(=O)OC)=C(C)NC3=C2C(=O)c2ccccc23)cc1OCC. The molecule has 0 amide bonds. The molecule has 36 heavy (non-hydrogen) atoms. The summed E-state index contributed by atoms with van der Waals surface area (Å²) in [6, 6.07) is 10.5. The molecule has 2 aromatic carbocycles. The molecule has 188 valence electrons. The average molecular weight is 512 g/mol. The minimum atomic E-state index is -0.774. The molecule has 0 saturated carbocycles. The Morgan fingerprint density at radius 3 is 2.44 bits per heavy atom. The summed E-state index contributed by atoms with van der Waals surface area (Å²) in [5.41, 5.74) is 3.76. The number of hydrogen-bond donors (Lipinski definition) is 1. The number of rotatable bonds is 8. The Kier molecular flexibility index (Phi) is 7.35. The number of dihydropyridines is 1. The summed E-state index contributed by atoms with van der Waals surface area (Å²) in [5, 5.41) is 3.40. The molecule has 1 heterocycles. The fourth-order valence-electron chi connectivity index (χ4n) is 4.53. The van der Waals surface area contributed by atoms with E-state index in [1.807, 2.05) is 12.1 Å². The van der Waals surface area contributed by atoms with Crippen molar-refractivity contribution >= 4 is 35.0 Å². The predicted octanol–water partition coefficient (Wildman–Crippen LogP) is 4.42. The van der Waals surface area contributed by atoms with E-state index in [4.69, 9.17) is 30.5 Å². The summed E-state index contributed by atoms with van der Waals surface area (Å²) < 4.78 is 21.4. The first-order chi connectivity index (χ1) is 17.3. The maximum Gasteiger partial charge on any atom is 0.344 e. The van der Waals surface area contributed by atoms with Gasteiger partial charge in [-0.15, -0.1) is 0 Å². The molecule has 0 bridgehead atoms. The fraction of sp³-hybridized carbons (Fsp3) is 0.296. The number of carbonyl (C=O) groups is 3. The summed E-state index contributed by atoms with van der Waals surface area (Å²) in [6.07, 6.45) is 0. The number of Topliss-reactive ketones (excluding diaryl/α,β-unsaturated/α-hetero) is 1. The molecule has 1 atom stereocenters. The number of ether oxygens (including phenoxy) is 4. The molecule has 0 aromatic heterocycles. The lowest BCUT2D eigenvalue weighted by molar-refractivity contribution is -0.145. The second kappa shape index (κ2) is 10.5. The average Bonchev–Trinajstić information content (AvgIpc) is 3.14. The lowest BCUT2D eigenvalue weighted by atomic mass is 9.79. The lowest BCUT2D eigenvalue weighted by Crippen LogP contribution is -2.29. The van der Waals surface area contributed by atoms with E-state index in [9.17, 15) is 14.4 Å².